The van der Waals surface area contributed by atoms with E-state index in [1.165, 1.54) is 0 Å². The Balaban J connectivity index is 2.01. The molecule has 3 rings (SSSR count). The first kappa shape index (κ1) is 11.6. The summed E-state index contributed by atoms with van der Waals surface area (Å²) in [6, 6.07) is 18.5. The van der Waals surface area contributed by atoms with Crippen molar-refractivity contribution in [3.05, 3.63) is 66.2 Å². The maximum absolute atomic E-state index is 11.6. The van der Waals surface area contributed by atoms with Gasteiger partial charge in [0.05, 0.1) is 0 Å². The van der Waals surface area contributed by atoms with E-state index < -0.39 is 17.5 Å². The minimum absolute atomic E-state index is 0.370. The van der Waals surface area contributed by atoms with E-state index in [-0.39, 0.29) is 4.05 Å². The topological polar surface area (TPSA) is 49.8 Å². The van der Waals surface area contributed by atoms with Crippen molar-refractivity contribution >= 4 is 17.0 Å². The average Bonchev–Trinajstić information content (AvgIpc) is 3.18. The maximum Gasteiger partial charge on any atom is 0.400 e. The highest BCUT2D eigenvalue weighted by Crippen LogP contribution is 2.52. The first-order chi connectivity index (χ1) is 8.75. The molecule has 0 amide bonds. The monoisotopic (exact) mass is 262 g/mol. The molecule has 2 aromatic carbocycles. The highest BCUT2D eigenvalue weighted by Gasteiger charge is 2.68. The molecule has 5 heteroatoms. The Hall–Kier alpha value is -1.53. The predicted molar refractivity (Wildman–Crippen MR) is 69.3 cm³/mol. The van der Waals surface area contributed by atoms with Crippen LogP contribution in [0.4, 0.5) is 5.69 Å². The van der Waals surface area contributed by atoms with Crippen molar-refractivity contribution in [2.75, 3.05) is 0 Å². The van der Waals surface area contributed by atoms with Crippen LogP contribution in [0, 0.1) is 0 Å². The zero-order valence-electron chi connectivity index (χ0n) is 9.47. The number of nitrogens with zero attached hydrogens (tertiary/aromatic N) is 1. The molecule has 1 N–H and O–H groups in total. The van der Waals surface area contributed by atoms with Crippen molar-refractivity contribution in [2.24, 2.45) is 0 Å². The van der Waals surface area contributed by atoms with Gasteiger partial charge in [0.1, 0.15) is 0 Å². The van der Waals surface area contributed by atoms with Gasteiger partial charge in [0.15, 0.2) is 5.69 Å². The van der Waals surface area contributed by atoms with Crippen molar-refractivity contribution in [3.63, 3.8) is 0 Å². The molecule has 4 nitrogen and oxygen atoms in total. The third-order valence-corrected chi connectivity index (χ3v) is 3.90. The standard InChI is InChI=1S/C13H11NO3S/c15-18(16)14(12-9-5-2-6-10-12)13(17-14)11-7-3-1-4-8-11/h1-10,13H/p+1. The number of para-hydroxylation sites is 1. The third-order valence-electron chi connectivity index (χ3n) is 2.95. The molecule has 0 saturated carbocycles. The van der Waals surface area contributed by atoms with E-state index in [1.807, 2.05) is 48.5 Å². The van der Waals surface area contributed by atoms with Crippen LogP contribution in [0.1, 0.15) is 11.8 Å². The van der Waals surface area contributed by atoms with Crippen LogP contribution in [-0.2, 0) is 16.1 Å². The summed E-state index contributed by atoms with van der Waals surface area (Å²) in [5, 5.41) is 0. The largest absolute Gasteiger partial charge is 0.400 e. The van der Waals surface area contributed by atoms with Gasteiger partial charge in [-0.1, -0.05) is 48.5 Å². The average molecular weight is 262 g/mol. The molecule has 92 valence electrons. The second kappa shape index (κ2) is 4.29. The summed E-state index contributed by atoms with van der Waals surface area (Å²) in [6.07, 6.45) is -0.417. The molecule has 1 aliphatic rings. The van der Waals surface area contributed by atoms with Crippen LogP contribution in [0.25, 0.3) is 0 Å². The van der Waals surface area contributed by atoms with E-state index >= 15 is 0 Å². The van der Waals surface area contributed by atoms with Crippen molar-refractivity contribution < 1.29 is 13.6 Å². The third kappa shape index (κ3) is 1.69. The van der Waals surface area contributed by atoms with Crippen molar-refractivity contribution in [3.8, 4) is 0 Å². The minimum atomic E-state index is -2.13. The lowest BCUT2D eigenvalue weighted by atomic mass is 10.2. The summed E-state index contributed by atoms with van der Waals surface area (Å²) in [4.78, 5) is 5.53. The van der Waals surface area contributed by atoms with Crippen LogP contribution >= 0.6 is 0 Å². The van der Waals surface area contributed by atoms with E-state index in [0.717, 1.165) is 5.56 Å². The van der Waals surface area contributed by atoms with Crippen LogP contribution in [0.2, 0.25) is 0 Å². The maximum atomic E-state index is 11.6. The first-order valence-corrected chi connectivity index (χ1v) is 6.61. The van der Waals surface area contributed by atoms with E-state index in [1.54, 1.807) is 12.1 Å². The Kier molecular flexibility index (Phi) is 2.76. The Morgan fingerprint density at radius 1 is 1.00 bits per heavy atom. The van der Waals surface area contributed by atoms with Gasteiger partial charge in [-0.2, -0.15) is 4.21 Å². The number of hydroxylamine groups is 1. The van der Waals surface area contributed by atoms with Crippen LogP contribution in [0.5, 0.6) is 0 Å². The van der Waals surface area contributed by atoms with Crippen LogP contribution < -0.4 is 4.05 Å². The van der Waals surface area contributed by atoms with Gasteiger partial charge in [0, 0.05) is 21.7 Å². The van der Waals surface area contributed by atoms with Gasteiger partial charge in [0.25, 0.3) is 0 Å². The van der Waals surface area contributed by atoms with Gasteiger partial charge < -0.3 is 0 Å². The smallest absolute Gasteiger partial charge is 0.258 e. The molecule has 0 aliphatic carbocycles. The van der Waals surface area contributed by atoms with E-state index in [4.69, 9.17) is 4.84 Å². The second-order valence-corrected chi connectivity index (χ2v) is 5.04. The predicted octanol–water partition coefficient (Wildman–Crippen LogP) is 2.77. The normalized spacial score (nSPS) is 27.7. The van der Waals surface area contributed by atoms with Crippen molar-refractivity contribution in [2.45, 2.75) is 6.23 Å². The van der Waals surface area contributed by atoms with Crippen LogP contribution in [0.3, 0.4) is 0 Å². The molecule has 1 heterocycles. The summed E-state index contributed by atoms with van der Waals surface area (Å²) in [7, 11) is 0. The van der Waals surface area contributed by atoms with Gasteiger partial charge >= 0.3 is 17.5 Å². The Morgan fingerprint density at radius 2 is 1.56 bits per heavy atom. The molecule has 1 aliphatic heterocycles. The lowest BCUT2D eigenvalue weighted by Crippen LogP contribution is -2.28. The second-order valence-electron chi connectivity index (χ2n) is 4.03. The number of rotatable bonds is 3. The summed E-state index contributed by atoms with van der Waals surface area (Å²) in [5.74, 6) is 0. The Bertz CT molecular complexity index is 575. The molecule has 3 unspecified atom stereocenters. The minimum Gasteiger partial charge on any atom is -0.258 e. The van der Waals surface area contributed by atoms with Gasteiger partial charge in [-0.25, -0.2) is 0 Å². The van der Waals surface area contributed by atoms with Crippen molar-refractivity contribution in [1.29, 1.82) is 0 Å². The molecule has 18 heavy (non-hydrogen) atoms. The summed E-state index contributed by atoms with van der Waals surface area (Å²) in [5.41, 5.74) is 1.57. The van der Waals surface area contributed by atoms with Crippen LogP contribution in [-0.4, -0.2) is 8.76 Å². The Labute approximate surface area is 107 Å². The van der Waals surface area contributed by atoms with Gasteiger partial charge in [-0.05, 0) is 0 Å². The summed E-state index contributed by atoms with van der Waals surface area (Å²) in [6.45, 7) is 0. The van der Waals surface area contributed by atoms with Gasteiger partial charge in [-0.15, -0.1) is 4.84 Å². The molecule has 0 aromatic heterocycles. The quantitative estimate of drug-likeness (QED) is 0.525. The lowest BCUT2D eigenvalue weighted by Gasteiger charge is -2.06. The van der Waals surface area contributed by atoms with E-state index in [9.17, 15) is 8.76 Å². The highest BCUT2D eigenvalue weighted by atomic mass is 32.2. The van der Waals surface area contributed by atoms with Crippen molar-refractivity contribution in [1.82, 2.24) is 4.05 Å². The fourth-order valence-corrected chi connectivity index (χ4v) is 2.78. The number of hydrogen-bond acceptors (Lipinski definition) is 2. The summed E-state index contributed by atoms with van der Waals surface area (Å²) >= 11 is -2.13. The zero-order valence-corrected chi connectivity index (χ0v) is 10.3. The highest BCUT2D eigenvalue weighted by molar-refractivity contribution is 7.78. The molecular weight excluding hydrogens is 250 g/mol. The van der Waals surface area contributed by atoms with Gasteiger partial charge in [-0.3, -0.25) is 4.55 Å². The van der Waals surface area contributed by atoms with E-state index in [2.05, 4.69) is 0 Å². The summed E-state index contributed by atoms with van der Waals surface area (Å²) < 4.78 is 20.8. The number of quaternary nitrogens is 1. The molecule has 0 spiro atoms. The number of benzene rings is 2. The molecule has 3 atom stereocenters. The molecule has 0 radical (unpaired) electrons. The van der Waals surface area contributed by atoms with Gasteiger partial charge in [0.2, 0.25) is 0 Å². The zero-order chi connectivity index (χ0) is 12.6. The fourth-order valence-electron chi connectivity index (χ4n) is 2.04. The lowest BCUT2D eigenvalue weighted by molar-refractivity contribution is 0.278. The molecular formula is C13H12NO3S+. The fraction of sp³-hybridized carbons (Fsp3) is 0.0769. The van der Waals surface area contributed by atoms with Crippen LogP contribution in [0.15, 0.2) is 60.7 Å². The Morgan fingerprint density at radius 3 is 2.11 bits per heavy atom. The molecule has 1 saturated heterocycles. The molecule has 2 aromatic rings. The SMILES string of the molecule is O=S(O)[N+]1(c2ccccc2)OC1c1ccccc1. The molecule has 1 fully saturated rings. The van der Waals surface area contributed by atoms with E-state index in [0.29, 0.717) is 5.69 Å². The first-order valence-electron chi connectivity index (χ1n) is 5.54. The molecule has 0 bridgehead atoms. The number of hydrogen-bond donors (Lipinski definition) is 1.